The van der Waals surface area contributed by atoms with Crippen LogP contribution in [-0.2, 0) is 23.9 Å². The van der Waals surface area contributed by atoms with Crippen molar-refractivity contribution < 1.29 is 33.3 Å². The molecule has 13 nitrogen and oxygen atoms in total. The van der Waals surface area contributed by atoms with E-state index in [0.29, 0.717) is 46.8 Å². The molecule has 2 aliphatic rings. The highest BCUT2D eigenvalue weighted by molar-refractivity contribution is 7.14. The zero-order valence-corrected chi connectivity index (χ0v) is 31.7. The molecule has 276 valence electrons. The maximum Gasteiger partial charge on any atom is 0.332 e. The lowest BCUT2D eigenvalue weighted by molar-refractivity contribution is -0.148. The maximum atomic E-state index is 14.0. The summed E-state index contributed by atoms with van der Waals surface area (Å²) in [5.41, 5.74) is 6.19. The van der Waals surface area contributed by atoms with Crippen LogP contribution in [0.3, 0.4) is 0 Å². The Labute approximate surface area is 307 Å². The Morgan fingerprint density at radius 2 is 1.92 bits per heavy atom. The Balaban J connectivity index is 1.52. The van der Waals surface area contributed by atoms with Crippen LogP contribution >= 0.6 is 22.9 Å². The molecule has 1 saturated heterocycles. The zero-order chi connectivity index (χ0) is 37.2. The van der Waals surface area contributed by atoms with Crippen LogP contribution < -0.4 is 25.8 Å². The number of hydrogen-bond acceptors (Lipinski definition) is 12. The number of carbonyl (C=O) groups excluding carboxylic acids is 3. The standard InChI is InChI=1S/C36H47ClN6O7S/c1-9-20-16-36(20,33(46)48-8)42-31(44)25-14-21(17-43(25)32(45)30(38)35(4,5)6)50-27-15-23(24-18-51-34(41-24)39-19(2)3)40-29-22(27)10-11-26(28(29)37)49-13-12-47-7/h9-11,15,18-21,25,30H,1,12-14,16-17,38H2,2-8H3,(H,39,41)(H,42,44)/t20-,21-,25+,30-,36-/m1/s1. The van der Waals surface area contributed by atoms with Gasteiger partial charge in [-0.05, 0) is 37.8 Å². The lowest BCUT2D eigenvalue weighted by atomic mass is 9.86. The number of amides is 2. The number of nitrogens with zero attached hydrogens (tertiary/aromatic N) is 3. The summed E-state index contributed by atoms with van der Waals surface area (Å²) in [5.74, 6) is -0.891. The molecule has 1 aromatic carbocycles. The lowest BCUT2D eigenvalue weighted by Gasteiger charge is -2.33. The second-order valence-electron chi connectivity index (χ2n) is 14.3. The van der Waals surface area contributed by atoms with E-state index in [-0.39, 0.29) is 36.6 Å². The summed E-state index contributed by atoms with van der Waals surface area (Å²) in [4.78, 5) is 51.7. The Bertz CT molecular complexity index is 1800. The topological polar surface area (TPSA) is 167 Å². The molecule has 15 heteroatoms. The van der Waals surface area contributed by atoms with Crippen LogP contribution in [0.4, 0.5) is 5.13 Å². The van der Waals surface area contributed by atoms with Gasteiger partial charge in [0, 0.05) is 42.3 Å². The predicted octanol–water partition coefficient (Wildman–Crippen LogP) is 4.81. The molecule has 3 heterocycles. The van der Waals surface area contributed by atoms with E-state index in [0.717, 1.165) is 5.13 Å². The molecular formula is C36H47ClN6O7S. The number of pyridine rings is 1. The molecule has 0 radical (unpaired) electrons. The van der Waals surface area contributed by atoms with Gasteiger partial charge in [0.15, 0.2) is 5.13 Å². The minimum Gasteiger partial charge on any atom is -0.490 e. The van der Waals surface area contributed by atoms with Gasteiger partial charge in [-0.1, -0.05) is 38.4 Å². The first-order valence-corrected chi connectivity index (χ1v) is 18.1. The molecular weight excluding hydrogens is 696 g/mol. The first kappa shape index (κ1) is 38.3. The summed E-state index contributed by atoms with van der Waals surface area (Å²) < 4.78 is 22.7. The second kappa shape index (κ2) is 15.3. The molecule has 4 N–H and O–H groups in total. The number of hydrogen-bond donors (Lipinski definition) is 3. The van der Waals surface area contributed by atoms with Crippen molar-refractivity contribution in [3.05, 3.63) is 41.3 Å². The van der Waals surface area contributed by atoms with Crippen molar-refractivity contribution in [3.63, 3.8) is 0 Å². The van der Waals surface area contributed by atoms with Crippen LogP contribution in [0.1, 0.15) is 47.5 Å². The van der Waals surface area contributed by atoms with Gasteiger partial charge in [-0.3, -0.25) is 9.59 Å². The first-order valence-electron chi connectivity index (χ1n) is 16.9. The number of aromatic nitrogens is 2. The molecule has 0 bridgehead atoms. The fraction of sp³-hybridized carbons (Fsp3) is 0.528. The lowest BCUT2D eigenvalue weighted by Crippen LogP contribution is -2.57. The summed E-state index contributed by atoms with van der Waals surface area (Å²) in [6.07, 6.45) is 1.47. The first-order chi connectivity index (χ1) is 24.1. The fourth-order valence-electron chi connectivity index (χ4n) is 6.08. The van der Waals surface area contributed by atoms with Crippen LogP contribution in [0.15, 0.2) is 36.2 Å². The van der Waals surface area contributed by atoms with Crippen molar-refractivity contribution in [2.45, 2.75) is 77.2 Å². The van der Waals surface area contributed by atoms with Crippen molar-refractivity contribution in [1.82, 2.24) is 20.2 Å². The third-order valence-corrected chi connectivity index (χ3v) is 10.2. The van der Waals surface area contributed by atoms with Crippen LogP contribution in [0, 0.1) is 11.3 Å². The van der Waals surface area contributed by atoms with Gasteiger partial charge in [0.25, 0.3) is 0 Å². The summed E-state index contributed by atoms with van der Waals surface area (Å²) in [7, 11) is 2.86. The third kappa shape index (κ3) is 8.09. The van der Waals surface area contributed by atoms with Gasteiger partial charge in [-0.2, -0.15) is 0 Å². The smallest absolute Gasteiger partial charge is 0.332 e. The normalized spacial score (nSPS) is 22.1. The molecule has 0 spiro atoms. The molecule has 2 amide bonds. The number of rotatable bonds is 14. The highest BCUT2D eigenvalue weighted by Gasteiger charge is 2.62. The number of ether oxygens (including phenoxy) is 4. The van der Waals surface area contributed by atoms with E-state index < -0.39 is 46.9 Å². The molecule has 1 aliphatic heterocycles. The molecule has 1 saturated carbocycles. The average molecular weight is 743 g/mol. The number of fused-ring (bicyclic) bond motifs is 1. The number of nitrogens with one attached hydrogen (secondary N) is 2. The molecule has 2 fully saturated rings. The molecule has 1 aliphatic carbocycles. The Kier molecular flexibility index (Phi) is 11.5. The van der Waals surface area contributed by atoms with E-state index in [2.05, 4.69) is 17.2 Å². The molecule has 5 atom stereocenters. The largest absolute Gasteiger partial charge is 0.490 e. The Hall–Kier alpha value is -3.98. The SMILES string of the molecule is C=C[C@@H]1C[C@]1(NC(=O)[C@@H]1C[C@@H](Oc2cc(-c3csc(NC(C)C)n3)nc3c(Cl)c(OCCOC)ccc23)CN1C(=O)[C@@H](N)C(C)(C)C)C(=O)OC. The van der Waals surface area contributed by atoms with Gasteiger partial charge in [0.2, 0.25) is 11.8 Å². The predicted molar refractivity (Wildman–Crippen MR) is 197 cm³/mol. The van der Waals surface area contributed by atoms with Gasteiger partial charge in [-0.25, -0.2) is 14.8 Å². The number of methoxy groups -OCH3 is 2. The molecule has 5 rings (SSSR count). The number of benzene rings is 1. The molecule has 51 heavy (non-hydrogen) atoms. The molecule has 2 aromatic heterocycles. The minimum absolute atomic E-state index is 0.0705. The Morgan fingerprint density at radius 3 is 2.55 bits per heavy atom. The third-order valence-electron chi connectivity index (χ3n) is 9.11. The highest BCUT2D eigenvalue weighted by Crippen LogP contribution is 2.46. The minimum atomic E-state index is -1.24. The van der Waals surface area contributed by atoms with E-state index >= 15 is 0 Å². The van der Waals surface area contributed by atoms with Gasteiger partial charge in [-0.15, -0.1) is 17.9 Å². The van der Waals surface area contributed by atoms with Crippen molar-refractivity contribution in [3.8, 4) is 22.9 Å². The fourth-order valence-corrected chi connectivity index (χ4v) is 7.19. The number of thiazole rings is 1. The van der Waals surface area contributed by atoms with Crippen LogP contribution in [0.5, 0.6) is 11.5 Å². The monoisotopic (exact) mass is 742 g/mol. The summed E-state index contributed by atoms with van der Waals surface area (Å²) in [5, 5.41) is 9.72. The van der Waals surface area contributed by atoms with E-state index in [1.165, 1.54) is 23.3 Å². The van der Waals surface area contributed by atoms with E-state index in [1.807, 2.05) is 46.1 Å². The number of likely N-dealkylation sites (tertiary alicyclic amines) is 1. The number of carbonyl (C=O) groups is 3. The quantitative estimate of drug-likeness (QED) is 0.118. The Morgan fingerprint density at radius 1 is 1.18 bits per heavy atom. The van der Waals surface area contributed by atoms with Gasteiger partial charge < -0.3 is 40.2 Å². The van der Waals surface area contributed by atoms with Crippen molar-refractivity contribution >= 4 is 56.8 Å². The summed E-state index contributed by atoms with van der Waals surface area (Å²) in [6, 6.07) is 3.65. The second-order valence-corrected chi connectivity index (χ2v) is 15.5. The van der Waals surface area contributed by atoms with Gasteiger partial charge in [0.1, 0.15) is 46.5 Å². The number of halogens is 1. The van der Waals surface area contributed by atoms with Crippen LogP contribution in [-0.4, -0.2) is 96.4 Å². The zero-order valence-electron chi connectivity index (χ0n) is 30.1. The van der Waals surface area contributed by atoms with Gasteiger partial charge in [0.05, 0.1) is 37.5 Å². The molecule has 0 unspecified atom stereocenters. The number of anilines is 1. The van der Waals surface area contributed by atoms with E-state index in [1.54, 1.807) is 25.3 Å². The van der Waals surface area contributed by atoms with Crippen molar-refractivity contribution in [2.24, 2.45) is 17.1 Å². The number of nitrogens with two attached hydrogens (primary N) is 1. The highest BCUT2D eigenvalue weighted by atomic mass is 35.5. The van der Waals surface area contributed by atoms with E-state index in [9.17, 15) is 14.4 Å². The summed E-state index contributed by atoms with van der Waals surface area (Å²) >= 11 is 8.35. The molecule has 3 aromatic rings. The van der Waals surface area contributed by atoms with E-state index in [4.69, 9.17) is 46.3 Å². The van der Waals surface area contributed by atoms with Crippen LogP contribution in [0.2, 0.25) is 5.02 Å². The summed E-state index contributed by atoms with van der Waals surface area (Å²) in [6.45, 7) is 14.2. The maximum absolute atomic E-state index is 14.0. The number of esters is 1. The van der Waals surface area contributed by atoms with Crippen molar-refractivity contribution in [2.75, 3.05) is 39.3 Å². The van der Waals surface area contributed by atoms with Crippen molar-refractivity contribution in [1.29, 1.82) is 0 Å². The average Bonchev–Trinajstić information content (AvgIpc) is 3.36. The van der Waals surface area contributed by atoms with Crippen LogP contribution in [0.25, 0.3) is 22.3 Å². The van der Waals surface area contributed by atoms with Gasteiger partial charge >= 0.3 is 5.97 Å².